The van der Waals surface area contributed by atoms with Crippen LogP contribution >= 0.6 is 0 Å². The first kappa shape index (κ1) is 11.9. The summed E-state index contributed by atoms with van der Waals surface area (Å²) in [6, 6.07) is 0.750. The molecule has 3 heteroatoms. The predicted molar refractivity (Wildman–Crippen MR) is 63.4 cm³/mol. The Morgan fingerprint density at radius 1 is 1.25 bits per heavy atom. The van der Waals surface area contributed by atoms with Crippen LogP contribution < -0.4 is 0 Å². The first-order chi connectivity index (χ1) is 7.72. The Kier molecular flexibility index (Phi) is 3.85. The summed E-state index contributed by atoms with van der Waals surface area (Å²) < 4.78 is 0. The molecule has 2 aliphatic rings. The van der Waals surface area contributed by atoms with Gasteiger partial charge < -0.3 is 10.0 Å². The first-order valence-electron chi connectivity index (χ1n) is 6.69. The van der Waals surface area contributed by atoms with Gasteiger partial charge in [0, 0.05) is 6.04 Å². The fraction of sp³-hybridized carbons (Fsp3) is 0.923. The second kappa shape index (κ2) is 5.17. The summed E-state index contributed by atoms with van der Waals surface area (Å²) in [5.74, 6) is 0.178. The summed E-state index contributed by atoms with van der Waals surface area (Å²) in [5, 5.41) is 8.97. The van der Waals surface area contributed by atoms with Crippen LogP contribution in [0, 0.1) is 11.8 Å². The van der Waals surface area contributed by atoms with Gasteiger partial charge in [-0.25, -0.2) is 0 Å². The van der Waals surface area contributed by atoms with Crippen LogP contribution in [-0.2, 0) is 4.79 Å². The number of piperidine rings is 1. The Morgan fingerprint density at radius 2 is 1.94 bits per heavy atom. The monoisotopic (exact) mass is 225 g/mol. The molecule has 1 aliphatic heterocycles. The molecule has 0 aromatic rings. The van der Waals surface area contributed by atoms with E-state index in [0.717, 1.165) is 37.9 Å². The van der Waals surface area contributed by atoms with E-state index in [2.05, 4.69) is 11.8 Å². The number of carboxylic acid groups (broad SMARTS) is 1. The molecule has 3 nitrogen and oxygen atoms in total. The fourth-order valence-electron chi connectivity index (χ4n) is 3.45. The molecule has 0 aromatic carbocycles. The van der Waals surface area contributed by atoms with Crippen LogP contribution in [0.25, 0.3) is 0 Å². The Hall–Kier alpha value is -0.570. The van der Waals surface area contributed by atoms with Crippen molar-refractivity contribution in [1.29, 1.82) is 0 Å². The Morgan fingerprint density at radius 3 is 2.50 bits per heavy atom. The summed E-state index contributed by atoms with van der Waals surface area (Å²) >= 11 is 0. The minimum atomic E-state index is -0.599. The van der Waals surface area contributed by atoms with E-state index >= 15 is 0 Å². The Bertz CT molecular complexity index is 246. The van der Waals surface area contributed by atoms with Crippen LogP contribution in [-0.4, -0.2) is 35.1 Å². The number of nitrogens with zero attached hydrogens (tertiary/aromatic N) is 1. The highest BCUT2D eigenvalue weighted by atomic mass is 16.4. The summed E-state index contributed by atoms with van der Waals surface area (Å²) in [4.78, 5) is 13.4. The van der Waals surface area contributed by atoms with Gasteiger partial charge in [-0.05, 0) is 44.7 Å². The van der Waals surface area contributed by atoms with E-state index in [1.54, 1.807) is 0 Å². The molecule has 0 bridgehead atoms. The quantitative estimate of drug-likeness (QED) is 0.801. The van der Waals surface area contributed by atoms with Gasteiger partial charge >= 0.3 is 5.97 Å². The van der Waals surface area contributed by atoms with Gasteiger partial charge in [-0.15, -0.1) is 0 Å². The molecule has 1 N–H and O–H groups in total. The predicted octanol–water partition coefficient (Wildman–Crippen LogP) is 2.36. The minimum Gasteiger partial charge on any atom is -0.481 e. The molecule has 2 fully saturated rings. The van der Waals surface area contributed by atoms with E-state index < -0.39 is 5.97 Å². The first-order valence-corrected chi connectivity index (χ1v) is 6.69. The number of carbonyl (C=O) groups is 1. The van der Waals surface area contributed by atoms with Crippen molar-refractivity contribution < 1.29 is 9.90 Å². The summed E-state index contributed by atoms with van der Waals surface area (Å²) in [7, 11) is 0. The van der Waals surface area contributed by atoms with E-state index in [9.17, 15) is 4.79 Å². The van der Waals surface area contributed by atoms with E-state index in [4.69, 9.17) is 5.11 Å². The van der Waals surface area contributed by atoms with Crippen molar-refractivity contribution >= 4 is 5.97 Å². The Balaban J connectivity index is 1.86. The van der Waals surface area contributed by atoms with Crippen LogP contribution in [0.4, 0.5) is 0 Å². The SMILES string of the molecule is CCC1CCCC1N1CCC(C(=O)O)CC1. The minimum absolute atomic E-state index is 0.0854. The van der Waals surface area contributed by atoms with Crippen molar-refractivity contribution in [1.82, 2.24) is 4.90 Å². The van der Waals surface area contributed by atoms with Gasteiger partial charge in [-0.1, -0.05) is 19.8 Å². The molecule has 16 heavy (non-hydrogen) atoms. The number of rotatable bonds is 3. The van der Waals surface area contributed by atoms with Crippen LogP contribution in [0.15, 0.2) is 0 Å². The highest BCUT2D eigenvalue weighted by Gasteiger charge is 2.34. The number of carboxylic acids is 1. The third-order valence-electron chi connectivity index (χ3n) is 4.49. The average molecular weight is 225 g/mol. The molecular weight excluding hydrogens is 202 g/mol. The van der Waals surface area contributed by atoms with E-state index in [-0.39, 0.29) is 5.92 Å². The lowest BCUT2D eigenvalue weighted by Gasteiger charge is -2.37. The van der Waals surface area contributed by atoms with Crippen molar-refractivity contribution in [3.8, 4) is 0 Å². The zero-order valence-corrected chi connectivity index (χ0v) is 10.2. The standard InChI is InChI=1S/C13H23NO2/c1-2-10-4-3-5-12(10)14-8-6-11(7-9-14)13(15)16/h10-12H,2-9H2,1H3,(H,15,16). The molecule has 0 aromatic heterocycles. The highest BCUT2D eigenvalue weighted by Crippen LogP contribution is 2.34. The molecule has 0 amide bonds. The van der Waals surface area contributed by atoms with Gasteiger partial charge in [0.05, 0.1) is 5.92 Å². The van der Waals surface area contributed by atoms with Gasteiger partial charge in [0.2, 0.25) is 0 Å². The largest absolute Gasteiger partial charge is 0.481 e. The van der Waals surface area contributed by atoms with E-state index in [1.807, 2.05) is 0 Å². The van der Waals surface area contributed by atoms with Crippen LogP contribution in [0.1, 0.15) is 45.4 Å². The number of likely N-dealkylation sites (tertiary alicyclic amines) is 1. The zero-order chi connectivity index (χ0) is 11.5. The smallest absolute Gasteiger partial charge is 0.306 e. The van der Waals surface area contributed by atoms with Gasteiger partial charge in [-0.2, -0.15) is 0 Å². The number of aliphatic carboxylic acids is 1. The van der Waals surface area contributed by atoms with Crippen molar-refractivity contribution in [2.75, 3.05) is 13.1 Å². The number of hydrogen-bond acceptors (Lipinski definition) is 2. The second-order valence-corrected chi connectivity index (χ2v) is 5.32. The number of hydrogen-bond donors (Lipinski definition) is 1. The molecule has 1 aliphatic carbocycles. The van der Waals surface area contributed by atoms with Crippen molar-refractivity contribution in [3.05, 3.63) is 0 Å². The lowest BCUT2D eigenvalue weighted by atomic mass is 9.92. The third-order valence-corrected chi connectivity index (χ3v) is 4.49. The molecule has 2 atom stereocenters. The molecule has 0 spiro atoms. The molecule has 2 unspecified atom stereocenters. The maximum atomic E-state index is 10.9. The molecule has 2 rings (SSSR count). The molecule has 1 heterocycles. The highest BCUT2D eigenvalue weighted by molar-refractivity contribution is 5.70. The van der Waals surface area contributed by atoms with Crippen molar-refractivity contribution in [3.63, 3.8) is 0 Å². The summed E-state index contributed by atoms with van der Waals surface area (Å²) in [5.41, 5.74) is 0. The van der Waals surface area contributed by atoms with E-state index in [1.165, 1.54) is 25.7 Å². The maximum absolute atomic E-state index is 10.9. The van der Waals surface area contributed by atoms with Gasteiger partial charge in [0.25, 0.3) is 0 Å². The van der Waals surface area contributed by atoms with Crippen LogP contribution in [0.5, 0.6) is 0 Å². The summed E-state index contributed by atoms with van der Waals surface area (Å²) in [6.45, 7) is 4.28. The summed E-state index contributed by atoms with van der Waals surface area (Å²) in [6.07, 6.45) is 7.05. The second-order valence-electron chi connectivity index (χ2n) is 5.32. The van der Waals surface area contributed by atoms with Crippen LogP contribution in [0.2, 0.25) is 0 Å². The lowest BCUT2D eigenvalue weighted by molar-refractivity contribution is -0.143. The molecule has 92 valence electrons. The van der Waals surface area contributed by atoms with Crippen molar-refractivity contribution in [2.45, 2.75) is 51.5 Å². The maximum Gasteiger partial charge on any atom is 0.306 e. The molecule has 1 saturated carbocycles. The van der Waals surface area contributed by atoms with Crippen molar-refractivity contribution in [2.24, 2.45) is 11.8 Å². The molecule has 0 radical (unpaired) electrons. The van der Waals surface area contributed by atoms with Gasteiger partial charge in [0.15, 0.2) is 0 Å². The topological polar surface area (TPSA) is 40.5 Å². The molecule has 1 saturated heterocycles. The van der Waals surface area contributed by atoms with Crippen LogP contribution in [0.3, 0.4) is 0 Å². The average Bonchev–Trinajstić information content (AvgIpc) is 2.77. The van der Waals surface area contributed by atoms with Gasteiger partial charge in [-0.3, -0.25) is 4.79 Å². The zero-order valence-electron chi connectivity index (χ0n) is 10.2. The lowest BCUT2D eigenvalue weighted by Crippen LogP contribution is -2.44. The normalized spacial score (nSPS) is 33.1. The molecular formula is C13H23NO2. The Labute approximate surface area is 97.8 Å². The van der Waals surface area contributed by atoms with E-state index in [0.29, 0.717) is 0 Å². The van der Waals surface area contributed by atoms with Gasteiger partial charge in [0.1, 0.15) is 0 Å². The fourth-order valence-corrected chi connectivity index (χ4v) is 3.45. The third kappa shape index (κ3) is 2.40.